The molecule has 0 aliphatic carbocycles. The van der Waals surface area contributed by atoms with Gasteiger partial charge in [0.15, 0.2) is 0 Å². The SMILES string of the molecule is Cc1ccc(-c2csc3nc(Cl)nc(N(Cc4ccccc4)Cc4ccccc4)c23)cc1. The predicted molar refractivity (Wildman–Crippen MR) is 135 cm³/mol. The molecule has 3 nitrogen and oxygen atoms in total. The second-order valence-corrected chi connectivity index (χ2v) is 9.04. The van der Waals surface area contributed by atoms with Crippen LogP contribution in [0.5, 0.6) is 0 Å². The first-order valence-corrected chi connectivity index (χ1v) is 11.8. The second kappa shape index (κ2) is 9.11. The molecular weight excluding hydrogens is 434 g/mol. The molecule has 0 N–H and O–H groups in total. The monoisotopic (exact) mass is 455 g/mol. The molecule has 32 heavy (non-hydrogen) atoms. The zero-order valence-electron chi connectivity index (χ0n) is 17.7. The minimum absolute atomic E-state index is 0.274. The molecule has 0 atom stereocenters. The van der Waals surface area contributed by atoms with E-state index in [-0.39, 0.29) is 5.28 Å². The molecule has 5 heteroatoms. The fourth-order valence-electron chi connectivity index (χ4n) is 3.89. The molecule has 0 fully saturated rings. The van der Waals surface area contributed by atoms with Crippen LogP contribution in [0.15, 0.2) is 90.3 Å². The normalized spacial score (nSPS) is 11.1. The van der Waals surface area contributed by atoms with Gasteiger partial charge in [-0.3, -0.25) is 0 Å². The summed E-state index contributed by atoms with van der Waals surface area (Å²) in [5.74, 6) is 0.865. The minimum Gasteiger partial charge on any atom is -0.347 e. The van der Waals surface area contributed by atoms with Crippen LogP contribution in [0.2, 0.25) is 5.28 Å². The van der Waals surface area contributed by atoms with Crippen LogP contribution >= 0.6 is 22.9 Å². The molecule has 158 valence electrons. The fraction of sp³-hybridized carbons (Fsp3) is 0.111. The third kappa shape index (κ3) is 4.38. The molecule has 0 aliphatic rings. The number of rotatable bonds is 6. The molecule has 2 aromatic heterocycles. The lowest BCUT2D eigenvalue weighted by molar-refractivity contribution is 0.786. The van der Waals surface area contributed by atoms with E-state index in [9.17, 15) is 0 Å². The molecule has 5 aromatic rings. The van der Waals surface area contributed by atoms with E-state index in [1.807, 2.05) is 12.1 Å². The van der Waals surface area contributed by atoms with Crippen LogP contribution in [-0.2, 0) is 13.1 Å². The summed E-state index contributed by atoms with van der Waals surface area (Å²) in [6, 6.07) is 29.5. The van der Waals surface area contributed by atoms with Gasteiger partial charge >= 0.3 is 0 Å². The Bertz CT molecular complexity index is 1290. The molecule has 0 amide bonds. The van der Waals surface area contributed by atoms with Crippen molar-refractivity contribution < 1.29 is 0 Å². The lowest BCUT2D eigenvalue weighted by Crippen LogP contribution is -2.23. The van der Waals surface area contributed by atoms with Crippen LogP contribution in [-0.4, -0.2) is 9.97 Å². The van der Waals surface area contributed by atoms with Crippen molar-refractivity contribution in [2.24, 2.45) is 0 Å². The quantitative estimate of drug-likeness (QED) is 0.248. The number of anilines is 1. The van der Waals surface area contributed by atoms with E-state index in [2.05, 4.69) is 95.0 Å². The van der Waals surface area contributed by atoms with Gasteiger partial charge in [-0.1, -0.05) is 90.5 Å². The highest BCUT2D eigenvalue weighted by Gasteiger charge is 2.20. The summed E-state index contributed by atoms with van der Waals surface area (Å²) in [5.41, 5.74) is 5.98. The lowest BCUT2D eigenvalue weighted by atomic mass is 10.0. The van der Waals surface area contributed by atoms with E-state index in [1.54, 1.807) is 11.3 Å². The van der Waals surface area contributed by atoms with Gasteiger partial charge in [0.1, 0.15) is 10.6 Å². The van der Waals surface area contributed by atoms with Gasteiger partial charge in [0.25, 0.3) is 0 Å². The molecule has 0 bridgehead atoms. The molecule has 2 heterocycles. The smallest absolute Gasteiger partial charge is 0.225 e. The number of hydrogen-bond donors (Lipinski definition) is 0. The summed E-state index contributed by atoms with van der Waals surface area (Å²) in [6.07, 6.45) is 0. The van der Waals surface area contributed by atoms with Crippen LogP contribution in [0.25, 0.3) is 21.3 Å². The van der Waals surface area contributed by atoms with Gasteiger partial charge in [0, 0.05) is 24.0 Å². The fourth-order valence-corrected chi connectivity index (χ4v) is 5.04. The third-order valence-corrected chi connectivity index (χ3v) is 6.52. The van der Waals surface area contributed by atoms with E-state index < -0.39 is 0 Å². The molecule has 0 unspecified atom stereocenters. The third-order valence-electron chi connectivity index (χ3n) is 5.48. The molecule has 0 saturated heterocycles. The number of hydrogen-bond acceptors (Lipinski definition) is 4. The van der Waals surface area contributed by atoms with Gasteiger partial charge in [0.2, 0.25) is 5.28 Å². The van der Waals surface area contributed by atoms with E-state index in [4.69, 9.17) is 16.6 Å². The zero-order chi connectivity index (χ0) is 21.9. The minimum atomic E-state index is 0.274. The molecule has 3 aromatic carbocycles. The number of benzene rings is 3. The first-order valence-electron chi connectivity index (χ1n) is 10.5. The largest absolute Gasteiger partial charge is 0.347 e. The summed E-state index contributed by atoms with van der Waals surface area (Å²) < 4.78 is 0. The Morgan fingerprint density at radius 3 is 1.97 bits per heavy atom. The van der Waals surface area contributed by atoms with Crippen molar-refractivity contribution in [3.05, 3.63) is 112 Å². The molecular formula is C27H22ClN3S. The highest BCUT2D eigenvalue weighted by atomic mass is 35.5. The van der Waals surface area contributed by atoms with Crippen molar-refractivity contribution in [1.29, 1.82) is 0 Å². The lowest BCUT2D eigenvalue weighted by Gasteiger charge is -2.25. The van der Waals surface area contributed by atoms with Gasteiger partial charge in [-0.2, -0.15) is 4.98 Å². The molecule has 0 aliphatic heterocycles. The van der Waals surface area contributed by atoms with Crippen LogP contribution < -0.4 is 4.90 Å². The second-order valence-electron chi connectivity index (χ2n) is 7.84. The van der Waals surface area contributed by atoms with Gasteiger partial charge in [-0.15, -0.1) is 11.3 Å². The van der Waals surface area contributed by atoms with Crippen LogP contribution in [0.4, 0.5) is 5.82 Å². The number of nitrogens with zero attached hydrogens (tertiary/aromatic N) is 3. The maximum absolute atomic E-state index is 6.41. The molecule has 0 saturated carbocycles. The van der Waals surface area contributed by atoms with Gasteiger partial charge in [0.05, 0.1) is 5.39 Å². The number of aryl methyl sites for hydroxylation is 1. The summed E-state index contributed by atoms with van der Waals surface area (Å²) in [6.45, 7) is 3.55. The maximum atomic E-state index is 6.41. The van der Waals surface area contributed by atoms with E-state index in [1.165, 1.54) is 16.7 Å². The molecule has 0 spiro atoms. The number of halogens is 1. The van der Waals surface area contributed by atoms with Crippen molar-refractivity contribution in [1.82, 2.24) is 9.97 Å². The molecule has 5 rings (SSSR count). The van der Waals surface area contributed by atoms with Crippen LogP contribution in [0.3, 0.4) is 0 Å². The Morgan fingerprint density at radius 2 is 1.38 bits per heavy atom. The van der Waals surface area contributed by atoms with Crippen molar-refractivity contribution in [2.75, 3.05) is 4.90 Å². The Labute approximate surface area is 197 Å². The van der Waals surface area contributed by atoms with E-state index in [0.717, 1.165) is 40.3 Å². The predicted octanol–water partition coefficient (Wildman–Crippen LogP) is 7.53. The van der Waals surface area contributed by atoms with Crippen LogP contribution in [0.1, 0.15) is 16.7 Å². The number of thiophene rings is 1. The average molecular weight is 456 g/mol. The zero-order valence-corrected chi connectivity index (χ0v) is 19.3. The number of aromatic nitrogens is 2. The van der Waals surface area contributed by atoms with Gasteiger partial charge < -0.3 is 4.90 Å². The average Bonchev–Trinajstić information content (AvgIpc) is 3.24. The Hall–Kier alpha value is -3.21. The summed E-state index contributed by atoms with van der Waals surface area (Å²) in [5, 5.41) is 3.48. The van der Waals surface area contributed by atoms with Crippen molar-refractivity contribution in [3.63, 3.8) is 0 Å². The summed E-state index contributed by atoms with van der Waals surface area (Å²) in [7, 11) is 0. The first-order chi connectivity index (χ1) is 15.7. The Morgan fingerprint density at radius 1 is 0.781 bits per heavy atom. The number of fused-ring (bicyclic) bond motifs is 1. The van der Waals surface area contributed by atoms with Gasteiger partial charge in [-0.25, -0.2) is 4.98 Å². The summed E-state index contributed by atoms with van der Waals surface area (Å²) >= 11 is 8.02. The maximum Gasteiger partial charge on any atom is 0.225 e. The van der Waals surface area contributed by atoms with Crippen molar-refractivity contribution >= 4 is 39.0 Å². The highest BCUT2D eigenvalue weighted by molar-refractivity contribution is 7.17. The van der Waals surface area contributed by atoms with Crippen LogP contribution in [0, 0.1) is 6.92 Å². The van der Waals surface area contributed by atoms with E-state index >= 15 is 0 Å². The Kier molecular flexibility index (Phi) is 5.89. The highest BCUT2D eigenvalue weighted by Crippen LogP contribution is 2.39. The Balaban J connectivity index is 1.67. The summed E-state index contributed by atoms with van der Waals surface area (Å²) in [4.78, 5) is 12.5. The van der Waals surface area contributed by atoms with Crippen molar-refractivity contribution in [3.8, 4) is 11.1 Å². The topological polar surface area (TPSA) is 29.0 Å². The van der Waals surface area contributed by atoms with E-state index in [0.29, 0.717) is 0 Å². The first kappa shape index (κ1) is 20.7. The standard InChI is InChI=1S/C27H22ClN3S/c1-19-12-14-22(15-13-19)23-18-32-26-24(23)25(29-27(28)30-26)31(16-20-8-4-2-5-9-20)17-21-10-6-3-7-11-21/h2-15,18H,16-17H2,1H3. The van der Waals surface area contributed by atoms with Crippen molar-refractivity contribution in [2.45, 2.75) is 20.0 Å². The molecule has 0 radical (unpaired) electrons. The van der Waals surface area contributed by atoms with Gasteiger partial charge in [-0.05, 0) is 35.2 Å².